The molecule has 2 rings (SSSR count). The van der Waals surface area contributed by atoms with E-state index in [1.807, 2.05) is 0 Å². The van der Waals surface area contributed by atoms with E-state index in [2.05, 4.69) is 15.4 Å². The normalized spacial score (nSPS) is 11.1. The van der Waals surface area contributed by atoms with Crippen LogP contribution in [0.25, 0.3) is 11.3 Å². The Hall–Kier alpha value is -2.99. The number of nitrogens with zero attached hydrogens (tertiary/aromatic N) is 3. The molecule has 136 valence electrons. The Balaban J connectivity index is 2.62. The van der Waals surface area contributed by atoms with Gasteiger partial charge in [0, 0.05) is 19.2 Å². The van der Waals surface area contributed by atoms with E-state index in [-0.39, 0.29) is 47.7 Å². The Kier molecular flexibility index (Phi) is 5.90. The standard InChI is InChI=1S/C17H16F3N5O/c1-23-14-8-13(24-15(9-21)16(14)25-22)11-5-4-10(3-2-6-26)12(7-11)17(18,19)20/h4-5,7-8,22,26H,2-3,6H2,1H3,(H,23,24). The molecule has 0 aliphatic carbocycles. The second kappa shape index (κ2) is 7.93. The first-order valence-corrected chi connectivity index (χ1v) is 7.67. The molecule has 6 nitrogen and oxygen atoms in total. The monoisotopic (exact) mass is 363 g/mol. The number of aromatic nitrogens is 1. The molecule has 26 heavy (non-hydrogen) atoms. The number of pyridine rings is 1. The summed E-state index contributed by atoms with van der Waals surface area (Å²) in [5.74, 6) is 0. The molecule has 1 heterocycles. The lowest BCUT2D eigenvalue weighted by Gasteiger charge is -2.15. The molecule has 9 heteroatoms. The Labute approximate surface area is 147 Å². The van der Waals surface area contributed by atoms with Crippen LogP contribution in [0.3, 0.4) is 0 Å². The van der Waals surface area contributed by atoms with E-state index >= 15 is 0 Å². The molecule has 0 radical (unpaired) electrons. The van der Waals surface area contributed by atoms with Crippen molar-refractivity contribution < 1.29 is 18.3 Å². The number of alkyl halides is 3. The van der Waals surface area contributed by atoms with Crippen molar-refractivity contribution >= 4 is 11.4 Å². The van der Waals surface area contributed by atoms with E-state index in [4.69, 9.17) is 10.6 Å². The zero-order valence-electron chi connectivity index (χ0n) is 13.9. The van der Waals surface area contributed by atoms with Crippen molar-refractivity contribution in [3.8, 4) is 17.3 Å². The molecular formula is C17H16F3N5O. The van der Waals surface area contributed by atoms with Crippen molar-refractivity contribution in [1.82, 2.24) is 4.98 Å². The van der Waals surface area contributed by atoms with Gasteiger partial charge >= 0.3 is 6.18 Å². The van der Waals surface area contributed by atoms with Crippen molar-refractivity contribution in [3.05, 3.63) is 41.1 Å². The number of anilines is 1. The van der Waals surface area contributed by atoms with Crippen LogP contribution in [0.5, 0.6) is 0 Å². The fourth-order valence-electron chi connectivity index (χ4n) is 2.56. The summed E-state index contributed by atoms with van der Waals surface area (Å²) in [7, 11) is 1.55. The van der Waals surface area contributed by atoms with Gasteiger partial charge in [0.25, 0.3) is 0 Å². The van der Waals surface area contributed by atoms with Crippen LogP contribution in [0, 0.1) is 16.9 Å². The molecule has 0 saturated carbocycles. The molecule has 0 unspecified atom stereocenters. The summed E-state index contributed by atoms with van der Waals surface area (Å²) in [6.45, 7) is -0.199. The van der Waals surface area contributed by atoms with E-state index in [0.717, 1.165) is 6.07 Å². The van der Waals surface area contributed by atoms with Crippen LogP contribution in [0.2, 0.25) is 0 Å². The number of halogens is 3. The Morgan fingerprint density at radius 3 is 2.62 bits per heavy atom. The highest BCUT2D eigenvalue weighted by Crippen LogP contribution is 2.37. The lowest BCUT2D eigenvalue weighted by Crippen LogP contribution is -2.10. The first-order chi connectivity index (χ1) is 12.3. The summed E-state index contributed by atoms with van der Waals surface area (Å²) in [6.07, 6.45) is -4.23. The maximum absolute atomic E-state index is 13.4. The fourth-order valence-corrected chi connectivity index (χ4v) is 2.56. The van der Waals surface area contributed by atoms with Crippen molar-refractivity contribution in [2.45, 2.75) is 19.0 Å². The molecule has 1 aromatic carbocycles. The highest BCUT2D eigenvalue weighted by molar-refractivity contribution is 5.76. The molecule has 0 bridgehead atoms. The third kappa shape index (κ3) is 3.97. The molecule has 0 amide bonds. The van der Waals surface area contributed by atoms with Crippen molar-refractivity contribution in [3.63, 3.8) is 0 Å². The molecular weight excluding hydrogens is 347 g/mol. The van der Waals surface area contributed by atoms with Crippen LogP contribution in [0.4, 0.5) is 24.5 Å². The smallest absolute Gasteiger partial charge is 0.396 e. The van der Waals surface area contributed by atoms with Gasteiger partial charge < -0.3 is 10.4 Å². The molecule has 0 saturated heterocycles. The second-order valence-corrected chi connectivity index (χ2v) is 5.42. The minimum atomic E-state index is -4.55. The van der Waals surface area contributed by atoms with E-state index in [1.54, 1.807) is 13.1 Å². The van der Waals surface area contributed by atoms with Gasteiger partial charge in [-0.25, -0.2) is 10.5 Å². The van der Waals surface area contributed by atoms with Gasteiger partial charge in [-0.3, -0.25) is 0 Å². The molecule has 0 fully saturated rings. The highest BCUT2D eigenvalue weighted by Gasteiger charge is 2.33. The average Bonchev–Trinajstić information content (AvgIpc) is 2.64. The average molecular weight is 363 g/mol. The van der Waals surface area contributed by atoms with Gasteiger partial charge in [-0.15, -0.1) is 0 Å². The Bertz CT molecular complexity index is 859. The Morgan fingerprint density at radius 1 is 1.35 bits per heavy atom. The summed E-state index contributed by atoms with van der Waals surface area (Å²) in [5, 5.41) is 24.1. The summed E-state index contributed by atoms with van der Waals surface area (Å²) in [6, 6.07) is 7.06. The maximum Gasteiger partial charge on any atom is 0.416 e. The lowest BCUT2D eigenvalue weighted by molar-refractivity contribution is -0.138. The van der Waals surface area contributed by atoms with Gasteiger partial charge in [-0.1, -0.05) is 12.1 Å². The zero-order valence-corrected chi connectivity index (χ0v) is 13.9. The van der Waals surface area contributed by atoms with Crippen molar-refractivity contribution in [2.24, 2.45) is 5.11 Å². The van der Waals surface area contributed by atoms with Crippen LogP contribution in [-0.4, -0.2) is 23.7 Å². The third-order valence-electron chi connectivity index (χ3n) is 3.80. The summed E-state index contributed by atoms with van der Waals surface area (Å²) in [5.41, 5.74) is 6.97. The van der Waals surface area contributed by atoms with E-state index in [1.165, 1.54) is 18.2 Å². The van der Waals surface area contributed by atoms with Gasteiger partial charge in [0.15, 0.2) is 5.69 Å². The minimum Gasteiger partial charge on any atom is -0.396 e. The molecule has 0 spiro atoms. The summed E-state index contributed by atoms with van der Waals surface area (Å²) in [4.78, 5) is 4.03. The van der Waals surface area contributed by atoms with Gasteiger partial charge in [0.1, 0.15) is 11.8 Å². The molecule has 0 aliphatic rings. The van der Waals surface area contributed by atoms with Gasteiger partial charge in [0.2, 0.25) is 0 Å². The number of benzene rings is 1. The first-order valence-electron chi connectivity index (χ1n) is 7.67. The van der Waals surface area contributed by atoms with Crippen LogP contribution in [0.15, 0.2) is 29.4 Å². The second-order valence-electron chi connectivity index (χ2n) is 5.42. The van der Waals surface area contributed by atoms with Crippen molar-refractivity contribution in [2.75, 3.05) is 19.0 Å². The van der Waals surface area contributed by atoms with Crippen LogP contribution in [0.1, 0.15) is 23.2 Å². The van der Waals surface area contributed by atoms with Gasteiger partial charge in [-0.2, -0.15) is 23.5 Å². The number of aliphatic hydroxyl groups excluding tert-OH is 1. The van der Waals surface area contributed by atoms with Crippen LogP contribution < -0.4 is 5.32 Å². The molecule has 2 aromatic rings. The molecule has 0 aliphatic heterocycles. The topological polar surface area (TPSA) is 105 Å². The summed E-state index contributed by atoms with van der Waals surface area (Å²) < 4.78 is 40.2. The lowest BCUT2D eigenvalue weighted by atomic mass is 9.98. The quantitative estimate of drug-likeness (QED) is 0.667. The fraction of sp³-hybridized carbons (Fsp3) is 0.294. The van der Waals surface area contributed by atoms with Gasteiger partial charge in [0.05, 0.1) is 16.9 Å². The third-order valence-corrected chi connectivity index (χ3v) is 3.80. The molecule has 0 atom stereocenters. The number of rotatable bonds is 6. The van der Waals surface area contributed by atoms with Crippen molar-refractivity contribution in [1.29, 1.82) is 10.8 Å². The first kappa shape index (κ1) is 19.3. The Morgan fingerprint density at radius 2 is 2.08 bits per heavy atom. The summed E-state index contributed by atoms with van der Waals surface area (Å²) >= 11 is 0. The van der Waals surface area contributed by atoms with Gasteiger partial charge in [-0.05, 0) is 30.5 Å². The highest BCUT2D eigenvalue weighted by atomic mass is 19.4. The number of nitrogens with one attached hydrogen (secondary N) is 2. The van der Waals surface area contributed by atoms with E-state index < -0.39 is 11.7 Å². The molecule has 3 N–H and O–H groups in total. The maximum atomic E-state index is 13.4. The largest absolute Gasteiger partial charge is 0.416 e. The number of aryl methyl sites for hydroxylation is 1. The predicted octanol–water partition coefficient (Wildman–Crippen LogP) is 4.27. The van der Waals surface area contributed by atoms with Crippen LogP contribution >= 0.6 is 0 Å². The number of nitriles is 1. The zero-order chi connectivity index (χ0) is 19.3. The number of hydrogen-bond donors (Lipinski definition) is 3. The predicted molar refractivity (Wildman–Crippen MR) is 89.2 cm³/mol. The SMILES string of the molecule is CNc1cc(-c2ccc(CCCO)c(C(F)(F)F)c2)nc(C#N)c1N=N. The van der Waals surface area contributed by atoms with E-state index in [9.17, 15) is 18.4 Å². The molecule has 1 aromatic heterocycles. The number of aliphatic hydroxyl groups is 1. The minimum absolute atomic E-state index is 0.0226. The number of hydrogen-bond acceptors (Lipinski definition) is 6. The van der Waals surface area contributed by atoms with Crippen LogP contribution in [-0.2, 0) is 12.6 Å². The van der Waals surface area contributed by atoms with E-state index in [0.29, 0.717) is 5.69 Å².